The van der Waals surface area contributed by atoms with Crippen molar-refractivity contribution in [3.8, 4) is 0 Å². The first kappa shape index (κ1) is 6.66. The van der Waals surface area contributed by atoms with Gasteiger partial charge in [-0.1, -0.05) is 13.3 Å². The summed E-state index contributed by atoms with van der Waals surface area (Å²) in [6.07, 6.45) is 5.73. The first-order chi connectivity index (χ1) is 4.78. The molecule has 2 aliphatic rings. The Hall–Kier alpha value is -0.0400. The number of nitrogens with zero attached hydrogens (tertiary/aromatic N) is 1. The van der Waals surface area contributed by atoms with Gasteiger partial charge in [0.25, 0.3) is 0 Å². The van der Waals surface area contributed by atoms with Crippen molar-refractivity contribution in [3.05, 3.63) is 0 Å². The molecule has 0 spiro atoms. The van der Waals surface area contributed by atoms with Crippen LogP contribution in [0.25, 0.3) is 0 Å². The van der Waals surface area contributed by atoms with E-state index in [9.17, 15) is 0 Å². The highest BCUT2D eigenvalue weighted by Gasteiger charge is 2.53. The highest BCUT2D eigenvalue weighted by molar-refractivity contribution is 5.10. The van der Waals surface area contributed by atoms with Gasteiger partial charge >= 0.3 is 0 Å². The quantitative estimate of drug-likeness (QED) is 0.502. The Bertz CT molecular complexity index is 144. The molecule has 2 rings (SSSR count). The van der Waals surface area contributed by atoms with Gasteiger partial charge in [0.05, 0.1) is 0 Å². The van der Waals surface area contributed by atoms with Crippen molar-refractivity contribution >= 4 is 0 Å². The molecule has 1 heteroatoms. The highest BCUT2D eigenvalue weighted by atomic mass is 15.4. The smallest absolute Gasteiger partial charge is 0.0337 e. The molecule has 3 unspecified atom stereocenters. The van der Waals surface area contributed by atoms with Gasteiger partial charge in [0, 0.05) is 18.1 Å². The summed E-state index contributed by atoms with van der Waals surface area (Å²) in [4.78, 5) is 2.68. The lowest BCUT2D eigenvalue weighted by molar-refractivity contribution is 0.242. The summed E-state index contributed by atoms with van der Waals surface area (Å²) < 4.78 is 0. The Morgan fingerprint density at radius 3 is 3.00 bits per heavy atom. The van der Waals surface area contributed by atoms with Crippen LogP contribution in [0.3, 0.4) is 0 Å². The molecule has 2 saturated heterocycles. The van der Waals surface area contributed by atoms with Gasteiger partial charge < -0.3 is 0 Å². The minimum atomic E-state index is 0.692. The summed E-state index contributed by atoms with van der Waals surface area (Å²) in [6, 6.07) is 0.883. The van der Waals surface area contributed by atoms with E-state index in [0.717, 1.165) is 6.04 Å². The van der Waals surface area contributed by atoms with Gasteiger partial charge in [0.1, 0.15) is 0 Å². The maximum absolute atomic E-state index is 2.68. The van der Waals surface area contributed by atoms with Gasteiger partial charge in [0.2, 0.25) is 0 Å². The fraction of sp³-hybridized carbons (Fsp3) is 1.00. The van der Waals surface area contributed by atoms with Gasteiger partial charge in [-0.15, -0.1) is 0 Å². The molecular formula is C9H17N. The second-order valence-corrected chi connectivity index (χ2v) is 3.95. The normalized spacial score (nSPS) is 52.2. The third-order valence-corrected chi connectivity index (χ3v) is 3.42. The zero-order chi connectivity index (χ0) is 7.19. The molecule has 0 radical (unpaired) electrons. The van der Waals surface area contributed by atoms with Crippen molar-refractivity contribution in [2.45, 2.75) is 51.1 Å². The second kappa shape index (κ2) is 1.97. The van der Waals surface area contributed by atoms with Crippen LogP contribution in [0.1, 0.15) is 39.5 Å². The largest absolute Gasteiger partial charge is 0.292 e. The van der Waals surface area contributed by atoms with Crippen LogP contribution in [0, 0.1) is 0 Å². The Morgan fingerprint density at radius 2 is 2.40 bits per heavy atom. The summed E-state index contributed by atoms with van der Waals surface area (Å²) in [5.74, 6) is 0. The first-order valence-corrected chi connectivity index (χ1v) is 4.55. The van der Waals surface area contributed by atoms with Gasteiger partial charge in [-0.2, -0.15) is 0 Å². The Labute approximate surface area is 63.4 Å². The van der Waals surface area contributed by atoms with Crippen LogP contribution in [0.15, 0.2) is 0 Å². The topological polar surface area (TPSA) is 3.01 Å². The van der Waals surface area contributed by atoms with Crippen LogP contribution in [-0.2, 0) is 0 Å². The van der Waals surface area contributed by atoms with Crippen molar-refractivity contribution in [1.29, 1.82) is 0 Å². The summed E-state index contributed by atoms with van der Waals surface area (Å²) in [5.41, 5.74) is 0.692. The van der Waals surface area contributed by atoms with Gasteiger partial charge in [-0.3, -0.25) is 4.90 Å². The minimum absolute atomic E-state index is 0.692. The molecule has 3 atom stereocenters. The molecule has 1 nitrogen and oxygen atoms in total. The van der Waals surface area contributed by atoms with Crippen molar-refractivity contribution in [3.63, 3.8) is 0 Å². The van der Waals surface area contributed by atoms with E-state index in [0.29, 0.717) is 5.54 Å². The summed E-state index contributed by atoms with van der Waals surface area (Å²) in [6.45, 7) is 6.10. The van der Waals surface area contributed by atoms with E-state index < -0.39 is 0 Å². The first-order valence-electron chi connectivity index (χ1n) is 4.55. The van der Waals surface area contributed by atoms with Gasteiger partial charge in [-0.25, -0.2) is 0 Å². The summed E-state index contributed by atoms with van der Waals surface area (Å²) in [7, 11) is 0. The molecule has 0 saturated carbocycles. The predicted molar refractivity (Wildman–Crippen MR) is 43.0 cm³/mol. The Kier molecular flexibility index (Phi) is 1.31. The van der Waals surface area contributed by atoms with Crippen LogP contribution in [-0.4, -0.2) is 23.0 Å². The van der Waals surface area contributed by atoms with Crippen molar-refractivity contribution in [1.82, 2.24) is 4.90 Å². The third kappa shape index (κ3) is 0.731. The number of fused-ring (bicyclic) bond motifs is 1. The summed E-state index contributed by atoms with van der Waals surface area (Å²) in [5, 5.41) is 0. The molecule has 0 aromatic carbocycles. The van der Waals surface area contributed by atoms with E-state index in [2.05, 4.69) is 18.7 Å². The number of hydrogen-bond donors (Lipinski definition) is 0. The second-order valence-electron chi connectivity index (χ2n) is 3.95. The fourth-order valence-corrected chi connectivity index (χ4v) is 2.50. The molecule has 2 aliphatic heterocycles. The number of rotatable bonds is 1. The lowest BCUT2D eigenvalue weighted by Gasteiger charge is -2.26. The van der Waals surface area contributed by atoms with E-state index in [-0.39, 0.29) is 0 Å². The average Bonchev–Trinajstić information content (AvgIpc) is 2.65. The van der Waals surface area contributed by atoms with E-state index in [1.165, 1.54) is 32.2 Å². The molecule has 2 fully saturated rings. The monoisotopic (exact) mass is 139 g/mol. The molecule has 0 bridgehead atoms. The molecule has 2 heterocycles. The van der Waals surface area contributed by atoms with Crippen molar-refractivity contribution in [2.24, 2.45) is 0 Å². The number of hydrogen-bond acceptors (Lipinski definition) is 1. The predicted octanol–water partition coefficient (Wildman–Crippen LogP) is 2.02. The van der Waals surface area contributed by atoms with E-state index >= 15 is 0 Å². The van der Waals surface area contributed by atoms with Crippen LogP contribution < -0.4 is 0 Å². The molecule has 0 aromatic rings. The van der Waals surface area contributed by atoms with Crippen molar-refractivity contribution in [2.75, 3.05) is 6.54 Å². The third-order valence-electron chi connectivity index (χ3n) is 3.42. The maximum atomic E-state index is 2.68. The fourth-order valence-electron chi connectivity index (χ4n) is 2.50. The molecule has 0 amide bonds. The Morgan fingerprint density at radius 1 is 1.60 bits per heavy atom. The maximum Gasteiger partial charge on any atom is 0.0337 e. The van der Waals surface area contributed by atoms with Gasteiger partial charge in [0.15, 0.2) is 0 Å². The molecule has 58 valence electrons. The zero-order valence-electron chi connectivity index (χ0n) is 7.06. The number of piperidine rings is 1. The van der Waals surface area contributed by atoms with Crippen LogP contribution in [0.2, 0.25) is 0 Å². The highest BCUT2D eigenvalue weighted by Crippen LogP contribution is 2.46. The van der Waals surface area contributed by atoms with Crippen LogP contribution in [0.5, 0.6) is 0 Å². The lowest BCUT2D eigenvalue weighted by Crippen LogP contribution is -2.29. The van der Waals surface area contributed by atoms with Gasteiger partial charge in [-0.05, 0) is 26.2 Å². The van der Waals surface area contributed by atoms with E-state index in [1.54, 1.807) is 0 Å². The molecule has 0 N–H and O–H groups in total. The van der Waals surface area contributed by atoms with E-state index in [4.69, 9.17) is 0 Å². The average molecular weight is 139 g/mol. The standard InChI is InChI=1S/C9H17N/c1-3-9-6-4-5-8(2)10(9)7-9/h8H,3-7H2,1-2H3. The van der Waals surface area contributed by atoms with Crippen LogP contribution in [0.4, 0.5) is 0 Å². The van der Waals surface area contributed by atoms with Crippen LogP contribution >= 0.6 is 0 Å². The zero-order valence-corrected chi connectivity index (χ0v) is 7.06. The summed E-state index contributed by atoms with van der Waals surface area (Å²) >= 11 is 0. The van der Waals surface area contributed by atoms with Crippen molar-refractivity contribution < 1.29 is 0 Å². The Balaban J connectivity index is 2.05. The van der Waals surface area contributed by atoms with E-state index in [1.807, 2.05) is 0 Å². The molecule has 0 aromatic heterocycles. The SMILES string of the molecule is CCC12CCCC(C)N1C2. The lowest BCUT2D eigenvalue weighted by atomic mass is 9.94. The molecular weight excluding hydrogens is 122 g/mol. The minimum Gasteiger partial charge on any atom is -0.292 e. The molecule has 10 heavy (non-hydrogen) atoms. The molecule has 0 aliphatic carbocycles.